The normalized spacial score (nSPS) is 11.3. The van der Waals surface area contributed by atoms with Crippen molar-refractivity contribution in [2.45, 2.75) is 116 Å². The lowest BCUT2D eigenvalue weighted by atomic mass is 9.91. The van der Waals surface area contributed by atoms with Crippen molar-refractivity contribution in [3.05, 3.63) is 71.8 Å². The van der Waals surface area contributed by atoms with Crippen LogP contribution in [0, 0.1) is 0 Å². The first-order valence-electron chi connectivity index (χ1n) is 14.2. The van der Waals surface area contributed by atoms with Crippen molar-refractivity contribution in [2.75, 3.05) is 13.1 Å². The van der Waals surface area contributed by atoms with Crippen LogP contribution in [-0.4, -0.2) is 13.1 Å². The molecule has 0 heterocycles. The molecule has 1 heteroatoms. The van der Waals surface area contributed by atoms with Gasteiger partial charge in [0, 0.05) is 12.5 Å². The van der Waals surface area contributed by atoms with Gasteiger partial charge in [-0.1, -0.05) is 164 Å². The van der Waals surface area contributed by atoms with E-state index in [0.29, 0.717) is 5.92 Å². The third kappa shape index (κ3) is 13.6. The summed E-state index contributed by atoms with van der Waals surface area (Å²) in [6.45, 7) is 4.45. The van der Waals surface area contributed by atoms with Gasteiger partial charge in [-0.05, 0) is 24.1 Å². The highest BCUT2D eigenvalue weighted by molar-refractivity contribution is 5.32. The molecule has 2 aromatic rings. The minimum absolute atomic E-state index is 0.438. The number of benzene rings is 2. The van der Waals surface area contributed by atoms with Gasteiger partial charge in [-0.3, -0.25) is 0 Å². The molecule has 0 aromatic heterocycles. The molecule has 0 saturated heterocycles. The van der Waals surface area contributed by atoms with Crippen molar-refractivity contribution in [1.29, 1.82) is 0 Å². The largest absolute Gasteiger partial charge is 0.316 e. The van der Waals surface area contributed by atoms with Gasteiger partial charge in [-0.15, -0.1) is 0 Å². The summed E-state index contributed by atoms with van der Waals surface area (Å²) in [6.07, 6.45) is 22.9. The van der Waals surface area contributed by atoms with E-state index in [1.165, 1.54) is 114 Å². The summed E-state index contributed by atoms with van der Waals surface area (Å²) in [5.41, 5.74) is 2.81. The van der Waals surface area contributed by atoms with Gasteiger partial charge in [-0.25, -0.2) is 0 Å². The summed E-state index contributed by atoms with van der Waals surface area (Å²) in [5.74, 6) is 0.438. The highest BCUT2D eigenvalue weighted by Gasteiger charge is 2.12. The van der Waals surface area contributed by atoms with Crippen LogP contribution >= 0.6 is 0 Å². The van der Waals surface area contributed by atoms with Gasteiger partial charge in [0.05, 0.1) is 0 Å². The van der Waals surface area contributed by atoms with E-state index in [1.54, 1.807) is 0 Å². The molecule has 0 unspecified atom stereocenters. The van der Waals surface area contributed by atoms with Crippen LogP contribution in [0.4, 0.5) is 0 Å². The first-order valence-corrected chi connectivity index (χ1v) is 14.2. The Balaban J connectivity index is 1.41. The Bertz CT molecular complexity index is 611. The van der Waals surface area contributed by atoms with E-state index in [-0.39, 0.29) is 0 Å². The molecule has 0 spiro atoms. The predicted octanol–water partition coefficient (Wildman–Crippen LogP) is 9.67. The first-order chi connectivity index (χ1) is 16.4. The summed E-state index contributed by atoms with van der Waals surface area (Å²) >= 11 is 0. The molecular formula is C32H51N. The maximum atomic E-state index is 3.73. The zero-order valence-electron chi connectivity index (χ0n) is 21.6. The summed E-state index contributed by atoms with van der Waals surface area (Å²) in [4.78, 5) is 0. The Morgan fingerprint density at radius 2 is 0.848 bits per heavy atom. The van der Waals surface area contributed by atoms with Crippen molar-refractivity contribution in [3.8, 4) is 0 Å². The van der Waals surface area contributed by atoms with Crippen LogP contribution in [0.1, 0.15) is 127 Å². The Hall–Kier alpha value is -1.60. The maximum absolute atomic E-state index is 3.73. The van der Waals surface area contributed by atoms with E-state index >= 15 is 0 Å². The molecule has 0 amide bonds. The molecule has 1 nitrogen and oxygen atoms in total. The van der Waals surface area contributed by atoms with Gasteiger partial charge >= 0.3 is 0 Å². The zero-order valence-corrected chi connectivity index (χ0v) is 21.6. The topological polar surface area (TPSA) is 12.0 Å². The third-order valence-electron chi connectivity index (χ3n) is 6.96. The highest BCUT2D eigenvalue weighted by atomic mass is 14.9. The molecule has 2 aromatic carbocycles. The molecule has 0 atom stereocenters. The molecule has 0 fully saturated rings. The molecule has 0 aliphatic carbocycles. The smallest absolute Gasteiger partial charge is 0.0214 e. The molecule has 0 aliphatic heterocycles. The fraction of sp³-hybridized carbons (Fsp3) is 0.625. The number of hydrogen-bond acceptors (Lipinski definition) is 1. The average molecular weight is 450 g/mol. The number of nitrogens with one attached hydrogen (secondary N) is 1. The van der Waals surface area contributed by atoms with Crippen LogP contribution in [-0.2, 0) is 0 Å². The quantitative estimate of drug-likeness (QED) is 0.187. The van der Waals surface area contributed by atoms with Gasteiger partial charge in [0.1, 0.15) is 0 Å². The second kappa shape index (κ2) is 19.8. The second-order valence-electron chi connectivity index (χ2n) is 9.88. The van der Waals surface area contributed by atoms with Crippen molar-refractivity contribution in [2.24, 2.45) is 0 Å². The maximum Gasteiger partial charge on any atom is 0.0214 e. The first kappa shape index (κ1) is 27.6. The molecule has 1 N–H and O–H groups in total. The van der Waals surface area contributed by atoms with Crippen LogP contribution in [0.3, 0.4) is 0 Å². The predicted molar refractivity (Wildman–Crippen MR) is 147 cm³/mol. The summed E-state index contributed by atoms with van der Waals surface area (Å²) in [7, 11) is 0. The van der Waals surface area contributed by atoms with Gasteiger partial charge in [0.15, 0.2) is 0 Å². The van der Waals surface area contributed by atoms with Gasteiger partial charge in [0.2, 0.25) is 0 Å². The van der Waals surface area contributed by atoms with Crippen LogP contribution in [0.5, 0.6) is 0 Å². The number of unbranched alkanes of at least 4 members (excludes halogenated alkanes) is 15. The van der Waals surface area contributed by atoms with Crippen molar-refractivity contribution in [1.82, 2.24) is 5.32 Å². The molecule has 0 bridgehead atoms. The van der Waals surface area contributed by atoms with Crippen molar-refractivity contribution < 1.29 is 0 Å². The van der Waals surface area contributed by atoms with Crippen LogP contribution in [0.2, 0.25) is 0 Å². The summed E-state index contributed by atoms with van der Waals surface area (Å²) in [6, 6.07) is 21.9. The molecule has 33 heavy (non-hydrogen) atoms. The molecule has 0 saturated carbocycles. The SMILES string of the molecule is CCCCCCCCCCCCCCCCCCNCC(c1ccccc1)c1ccccc1. The standard InChI is InChI=1S/C32H51N/c1-2-3-4-5-6-7-8-9-10-11-12-13-14-15-16-23-28-33-29-32(30-24-19-17-20-25-30)31-26-21-18-22-27-31/h17-22,24-27,32-33H,2-16,23,28-29H2,1H3. The molecule has 0 radical (unpaired) electrons. The Morgan fingerprint density at radius 1 is 0.485 bits per heavy atom. The van der Waals surface area contributed by atoms with Crippen molar-refractivity contribution >= 4 is 0 Å². The van der Waals surface area contributed by atoms with Gasteiger partial charge in [0.25, 0.3) is 0 Å². The zero-order chi connectivity index (χ0) is 23.2. The van der Waals surface area contributed by atoms with E-state index in [9.17, 15) is 0 Å². The lowest BCUT2D eigenvalue weighted by Gasteiger charge is -2.19. The third-order valence-corrected chi connectivity index (χ3v) is 6.96. The monoisotopic (exact) mass is 449 g/mol. The van der Waals surface area contributed by atoms with E-state index in [2.05, 4.69) is 72.9 Å². The lowest BCUT2D eigenvalue weighted by Crippen LogP contribution is -2.23. The van der Waals surface area contributed by atoms with Crippen LogP contribution in [0.25, 0.3) is 0 Å². The lowest BCUT2D eigenvalue weighted by molar-refractivity contribution is 0.523. The van der Waals surface area contributed by atoms with Gasteiger partial charge < -0.3 is 5.32 Å². The Labute approximate surface area is 205 Å². The minimum Gasteiger partial charge on any atom is -0.316 e. The molecule has 0 aliphatic rings. The van der Waals surface area contributed by atoms with Crippen LogP contribution < -0.4 is 5.32 Å². The second-order valence-corrected chi connectivity index (χ2v) is 9.88. The fourth-order valence-electron chi connectivity index (χ4n) is 4.84. The highest BCUT2D eigenvalue weighted by Crippen LogP contribution is 2.23. The average Bonchev–Trinajstić information content (AvgIpc) is 2.86. The minimum atomic E-state index is 0.438. The van der Waals surface area contributed by atoms with E-state index in [1.807, 2.05) is 0 Å². The van der Waals surface area contributed by atoms with Crippen LogP contribution in [0.15, 0.2) is 60.7 Å². The molecule has 184 valence electrons. The fourth-order valence-corrected chi connectivity index (χ4v) is 4.84. The van der Waals surface area contributed by atoms with E-state index in [4.69, 9.17) is 0 Å². The number of hydrogen-bond donors (Lipinski definition) is 1. The molecular weight excluding hydrogens is 398 g/mol. The van der Waals surface area contributed by atoms with Crippen molar-refractivity contribution in [3.63, 3.8) is 0 Å². The van der Waals surface area contributed by atoms with Gasteiger partial charge in [-0.2, -0.15) is 0 Å². The Kier molecular flexibility index (Phi) is 16.6. The summed E-state index contributed by atoms with van der Waals surface area (Å²) in [5, 5.41) is 3.73. The number of rotatable bonds is 21. The molecule has 2 rings (SSSR count). The van der Waals surface area contributed by atoms with E-state index in [0.717, 1.165) is 13.1 Å². The summed E-state index contributed by atoms with van der Waals surface area (Å²) < 4.78 is 0. The Morgan fingerprint density at radius 3 is 1.24 bits per heavy atom. The van der Waals surface area contributed by atoms with E-state index < -0.39 is 0 Å².